The standard InChI is InChI=1S/C12H17N4OS.HNO3/c1-8-11(3-4-17)18-7-16(8)6-10-5-14-9(2)15-12(10)13;2-1(3)4/h5,7,17H,3-4,6H2,1-2H3,(H2,13,14,15);(H,2,3,4)/q+1;. The fourth-order valence-corrected chi connectivity index (χ4v) is 2.75. The number of aliphatic hydroxyl groups is 1. The van der Waals surface area contributed by atoms with Crippen molar-refractivity contribution < 1.29 is 20.0 Å². The Labute approximate surface area is 130 Å². The van der Waals surface area contributed by atoms with Gasteiger partial charge in [-0.15, -0.1) is 10.1 Å². The number of rotatable bonds is 4. The summed E-state index contributed by atoms with van der Waals surface area (Å²) in [6.07, 6.45) is 2.47. The van der Waals surface area contributed by atoms with Gasteiger partial charge in [0.25, 0.3) is 5.09 Å². The second kappa shape index (κ2) is 8.20. The quantitative estimate of drug-likeness (QED) is 0.415. The lowest BCUT2D eigenvalue weighted by Crippen LogP contribution is -2.35. The van der Waals surface area contributed by atoms with Gasteiger partial charge in [-0.25, -0.2) is 9.97 Å². The molecule has 0 aliphatic carbocycles. The smallest absolute Gasteiger partial charge is 0.291 e. The molecule has 2 heterocycles. The first-order chi connectivity index (χ1) is 10.3. The Morgan fingerprint density at radius 3 is 2.68 bits per heavy atom. The first-order valence-electron chi connectivity index (χ1n) is 6.33. The zero-order valence-corrected chi connectivity index (χ0v) is 13.1. The molecule has 0 unspecified atom stereocenters. The Hall–Kier alpha value is -2.33. The number of aryl methyl sites for hydroxylation is 1. The zero-order valence-electron chi connectivity index (χ0n) is 12.3. The lowest BCUT2D eigenvalue weighted by molar-refractivity contribution is -0.742. The van der Waals surface area contributed by atoms with Crippen molar-refractivity contribution in [1.82, 2.24) is 9.97 Å². The van der Waals surface area contributed by atoms with Crippen molar-refractivity contribution in [3.63, 3.8) is 0 Å². The van der Waals surface area contributed by atoms with Crippen molar-refractivity contribution in [2.75, 3.05) is 12.3 Å². The van der Waals surface area contributed by atoms with E-state index in [1.165, 1.54) is 4.88 Å². The van der Waals surface area contributed by atoms with Crippen LogP contribution < -0.4 is 10.3 Å². The molecule has 0 spiro atoms. The minimum absolute atomic E-state index is 0.178. The van der Waals surface area contributed by atoms with Gasteiger partial charge in [-0.1, -0.05) is 11.3 Å². The molecule has 0 amide bonds. The van der Waals surface area contributed by atoms with Crippen LogP contribution in [0.25, 0.3) is 0 Å². The Morgan fingerprint density at radius 1 is 1.50 bits per heavy atom. The number of nitrogens with zero attached hydrogens (tertiary/aromatic N) is 4. The highest BCUT2D eigenvalue weighted by atomic mass is 32.1. The van der Waals surface area contributed by atoms with Crippen LogP contribution in [0.3, 0.4) is 0 Å². The summed E-state index contributed by atoms with van der Waals surface area (Å²) in [5.74, 6) is 1.22. The van der Waals surface area contributed by atoms with Gasteiger partial charge >= 0.3 is 0 Å². The van der Waals surface area contributed by atoms with E-state index >= 15 is 0 Å². The Bertz CT molecular complexity index is 642. The topological polar surface area (TPSA) is 139 Å². The van der Waals surface area contributed by atoms with E-state index in [9.17, 15) is 0 Å². The molecule has 0 fully saturated rings. The molecule has 4 N–H and O–H groups in total. The van der Waals surface area contributed by atoms with Crippen molar-refractivity contribution >= 4 is 17.2 Å². The van der Waals surface area contributed by atoms with Crippen LogP contribution in [-0.4, -0.2) is 32.0 Å². The molecule has 2 aromatic rings. The van der Waals surface area contributed by atoms with Gasteiger partial charge in [-0.05, 0) is 6.92 Å². The summed E-state index contributed by atoms with van der Waals surface area (Å²) >= 11 is 1.65. The van der Waals surface area contributed by atoms with E-state index in [2.05, 4.69) is 14.5 Å². The highest BCUT2D eigenvalue weighted by Crippen LogP contribution is 2.13. The molecule has 0 aliphatic rings. The van der Waals surface area contributed by atoms with Gasteiger partial charge in [0.1, 0.15) is 11.6 Å². The average Bonchev–Trinajstić information content (AvgIpc) is 2.75. The summed E-state index contributed by atoms with van der Waals surface area (Å²) in [4.78, 5) is 17.9. The molecule has 10 heteroatoms. The second-order valence-corrected chi connectivity index (χ2v) is 5.34. The van der Waals surface area contributed by atoms with Gasteiger partial charge in [0, 0.05) is 26.1 Å². The molecule has 0 atom stereocenters. The lowest BCUT2D eigenvalue weighted by Gasteiger charge is -2.01. The number of aliphatic hydroxyl groups excluding tert-OH is 1. The predicted octanol–water partition coefficient (Wildman–Crippen LogP) is 0.260. The number of nitrogens with two attached hydrogens (primary N) is 1. The van der Waals surface area contributed by atoms with Crippen molar-refractivity contribution in [3.8, 4) is 0 Å². The Kier molecular flexibility index (Phi) is 6.60. The molecular weight excluding hydrogens is 310 g/mol. The van der Waals surface area contributed by atoms with Crippen LogP contribution in [0.1, 0.15) is 22.0 Å². The van der Waals surface area contributed by atoms with E-state index in [4.69, 9.17) is 26.2 Å². The van der Waals surface area contributed by atoms with Crippen molar-refractivity contribution in [2.45, 2.75) is 26.8 Å². The van der Waals surface area contributed by atoms with Gasteiger partial charge in [-0.2, -0.15) is 4.57 Å². The van der Waals surface area contributed by atoms with Crippen molar-refractivity contribution in [2.24, 2.45) is 0 Å². The van der Waals surface area contributed by atoms with Crippen LogP contribution >= 0.6 is 11.3 Å². The maximum absolute atomic E-state index is 8.98. The summed E-state index contributed by atoms with van der Waals surface area (Å²) in [5, 5.41) is 22.6. The number of nitrogen functional groups attached to an aromatic ring is 1. The number of hydrogen-bond donors (Lipinski definition) is 3. The number of aromatic nitrogens is 3. The van der Waals surface area contributed by atoms with E-state index in [1.807, 2.05) is 19.4 Å². The number of anilines is 1. The van der Waals surface area contributed by atoms with E-state index in [0.29, 0.717) is 24.6 Å². The van der Waals surface area contributed by atoms with Gasteiger partial charge < -0.3 is 16.0 Å². The minimum Gasteiger partial charge on any atom is -0.396 e. The van der Waals surface area contributed by atoms with E-state index in [0.717, 1.165) is 11.3 Å². The normalized spacial score (nSPS) is 9.95. The number of thiazole rings is 1. The largest absolute Gasteiger partial charge is 0.396 e. The summed E-state index contributed by atoms with van der Waals surface area (Å²) < 4.78 is 2.11. The molecule has 2 rings (SSSR count). The van der Waals surface area contributed by atoms with Gasteiger partial charge in [0.15, 0.2) is 12.2 Å². The van der Waals surface area contributed by atoms with Gasteiger partial charge in [0.2, 0.25) is 5.51 Å². The Balaban J connectivity index is 0.000000541. The molecule has 2 aromatic heterocycles. The third-order valence-corrected chi connectivity index (χ3v) is 4.00. The molecular formula is C12H18N5O4S+. The van der Waals surface area contributed by atoms with Crippen LogP contribution in [0.5, 0.6) is 0 Å². The fourth-order valence-electron chi connectivity index (χ4n) is 1.77. The van der Waals surface area contributed by atoms with Crippen molar-refractivity contribution in [1.29, 1.82) is 0 Å². The maximum Gasteiger partial charge on any atom is 0.291 e. The number of hydrogen-bond acceptors (Lipinski definition) is 7. The second-order valence-electron chi connectivity index (χ2n) is 4.40. The van der Waals surface area contributed by atoms with Crippen molar-refractivity contribution in [3.05, 3.63) is 43.8 Å². The van der Waals surface area contributed by atoms with Gasteiger partial charge in [-0.3, -0.25) is 0 Å². The van der Waals surface area contributed by atoms with Gasteiger partial charge in [0.05, 0.1) is 10.4 Å². The molecule has 0 saturated carbocycles. The molecule has 0 radical (unpaired) electrons. The zero-order chi connectivity index (χ0) is 16.7. The molecule has 22 heavy (non-hydrogen) atoms. The molecule has 0 aromatic carbocycles. The fraction of sp³-hybridized carbons (Fsp3) is 0.417. The average molecular weight is 328 g/mol. The minimum atomic E-state index is -1.50. The first kappa shape index (κ1) is 17.7. The molecule has 120 valence electrons. The summed E-state index contributed by atoms with van der Waals surface area (Å²) in [6, 6.07) is 0. The van der Waals surface area contributed by atoms with E-state index in [1.54, 1.807) is 17.5 Å². The lowest BCUT2D eigenvalue weighted by atomic mass is 10.2. The van der Waals surface area contributed by atoms with Crippen LogP contribution in [-0.2, 0) is 13.0 Å². The third kappa shape index (κ3) is 5.22. The van der Waals surface area contributed by atoms with E-state index < -0.39 is 5.09 Å². The maximum atomic E-state index is 8.98. The SMILES string of the molecule is Cc1ncc(C[n+]2csc(CCO)c2C)c(N)n1.O=[N+]([O-])O. The van der Waals surface area contributed by atoms with Crippen LogP contribution in [0.2, 0.25) is 0 Å². The monoisotopic (exact) mass is 328 g/mol. The Morgan fingerprint density at radius 2 is 2.14 bits per heavy atom. The summed E-state index contributed by atoms with van der Waals surface area (Å²) in [5.41, 5.74) is 10.0. The highest BCUT2D eigenvalue weighted by molar-refractivity contribution is 7.09. The molecule has 9 nitrogen and oxygen atoms in total. The molecule has 0 aliphatic heterocycles. The first-order valence-corrected chi connectivity index (χ1v) is 7.21. The van der Waals surface area contributed by atoms with E-state index in [-0.39, 0.29) is 6.61 Å². The van der Waals surface area contributed by atoms with Crippen LogP contribution in [0, 0.1) is 24.0 Å². The van der Waals surface area contributed by atoms with Crippen LogP contribution in [0.15, 0.2) is 11.7 Å². The molecule has 0 saturated heterocycles. The highest BCUT2D eigenvalue weighted by Gasteiger charge is 2.16. The third-order valence-electron chi connectivity index (χ3n) is 2.85. The predicted molar refractivity (Wildman–Crippen MR) is 79.1 cm³/mol. The summed E-state index contributed by atoms with van der Waals surface area (Å²) in [7, 11) is 0. The summed E-state index contributed by atoms with van der Waals surface area (Å²) in [6.45, 7) is 4.71. The molecule has 0 bridgehead atoms. The van der Waals surface area contributed by atoms with Crippen LogP contribution in [0.4, 0.5) is 5.82 Å².